The van der Waals surface area contributed by atoms with Crippen LogP contribution < -0.4 is 25.5 Å². The molecule has 0 bridgehead atoms. The average Bonchev–Trinajstić information content (AvgIpc) is 1.94. The zero-order chi connectivity index (χ0) is 17.9. The third-order valence-electron chi connectivity index (χ3n) is 0. The molecule has 0 saturated heterocycles. The summed E-state index contributed by atoms with van der Waals surface area (Å²) in [6.45, 7) is 16.1. The normalized spacial score (nSPS) is 8.18. The third kappa shape index (κ3) is 12000. The minimum absolute atomic E-state index is 0. The zero-order valence-electron chi connectivity index (χ0n) is 15.8. The molecule has 0 rings (SSSR count). The quantitative estimate of drug-likeness (QED) is 0.469. The van der Waals surface area contributed by atoms with Crippen molar-refractivity contribution < 1.29 is 42.0 Å². The van der Waals surface area contributed by atoms with Gasteiger partial charge in [-0.25, -0.2) is 0 Å². The van der Waals surface area contributed by atoms with E-state index in [2.05, 4.69) is 0 Å². The Kier molecular flexibility index (Phi) is 74.6. The van der Waals surface area contributed by atoms with Crippen LogP contribution in [-0.2, 0) is 16.5 Å². The molecule has 0 aliphatic rings. The second-order valence-corrected chi connectivity index (χ2v) is 5.24. The second kappa shape index (κ2) is 37.8. The molecule has 0 atom stereocenters. The molecular formula is C15H35AlNiO5. The maximum atomic E-state index is 9.53. The molecular weight excluding hydrogens is 346 g/mol. The summed E-state index contributed by atoms with van der Waals surface area (Å²) in [4.78, 5) is 0. The van der Waals surface area contributed by atoms with E-state index in [1.807, 2.05) is 0 Å². The van der Waals surface area contributed by atoms with Crippen molar-refractivity contribution in [1.29, 1.82) is 0 Å². The fourth-order valence-corrected chi connectivity index (χ4v) is 0. The summed E-state index contributed by atoms with van der Waals surface area (Å²) in [5.74, 6) is 0. The average molecular weight is 381 g/mol. The molecule has 7 heteroatoms. The van der Waals surface area contributed by atoms with Gasteiger partial charge in [-0.3, -0.25) is 0 Å². The fourth-order valence-electron chi connectivity index (χ4n) is 0. The van der Waals surface area contributed by atoms with Crippen molar-refractivity contribution in [2.75, 3.05) is 0 Å². The maximum Gasteiger partial charge on any atom is 3.00 e. The van der Waals surface area contributed by atoms with E-state index in [4.69, 9.17) is 0 Å². The summed E-state index contributed by atoms with van der Waals surface area (Å²) >= 11 is 0. The summed E-state index contributed by atoms with van der Waals surface area (Å²) < 4.78 is 0. The molecule has 0 fully saturated rings. The van der Waals surface area contributed by atoms with Crippen molar-refractivity contribution in [3.8, 4) is 0 Å². The van der Waals surface area contributed by atoms with Crippen LogP contribution in [0.4, 0.5) is 0 Å². The molecule has 0 spiro atoms. The van der Waals surface area contributed by atoms with Gasteiger partial charge in [0.15, 0.2) is 0 Å². The first-order valence-electron chi connectivity index (χ1n) is 6.95. The van der Waals surface area contributed by atoms with Gasteiger partial charge < -0.3 is 25.5 Å². The predicted molar refractivity (Wildman–Crippen MR) is 81.4 cm³/mol. The third-order valence-corrected chi connectivity index (χ3v) is 0. The first-order chi connectivity index (χ1) is 8.66. The van der Waals surface area contributed by atoms with E-state index < -0.39 is 30.5 Å². The van der Waals surface area contributed by atoms with Crippen molar-refractivity contribution in [2.24, 2.45) is 0 Å². The van der Waals surface area contributed by atoms with Crippen molar-refractivity contribution in [1.82, 2.24) is 0 Å². The Morgan fingerprint density at radius 1 is 0.364 bits per heavy atom. The van der Waals surface area contributed by atoms with E-state index in [0.717, 1.165) is 0 Å². The van der Waals surface area contributed by atoms with E-state index in [1.54, 1.807) is 69.2 Å². The molecule has 22 heavy (non-hydrogen) atoms. The zero-order valence-corrected chi connectivity index (χ0v) is 18.0. The van der Waals surface area contributed by atoms with Crippen molar-refractivity contribution in [2.45, 2.75) is 99.8 Å². The van der Waals surface area contributed by atoms with E-state index in [-0.39, 0.29) is 33.9 Å². The molecule has 0 heterocycles. The molecule has 138 valence electrons. The van der Waals surface area contributed by atoms with Crippen LogP contribution in [-0.4, -0.2) is 47.9 Å². The fraction of sp³-hybridized carbons (Fsp3) is 1.00. The van der Waals surface area contributed by atoms with Gasteiger partial charge in [-0.15, -0.1) is 30.5 Å². The van der Waals surface area contributed by atoms with Crippen LogP contribution >= 0.6 is 0 Å². The molecule has 0 N–H and O–H groups in total. The van der Waals surface area contributed by atoms with Crippen LogP contribution in [0.1, 0.15) is 69.2 Å². The van der Waals surface area contributed by atoms with Gasteiger partial charge in [-0.1, -0.05) is 69.2 Å². The predicted octanol–water partition coefficient (Wildman–Crippen LogP) is -1.61. The SMILES string of the molecule is CC(C)[O-].CC(C)[O-].CC(C)[O-].CC(C)[O-].CC(C)[O-].[Al+3].[Ni+2]. The Labute approximate surface area is 159 Å². The first kappa shape index (κ1) is 43.4. The smallest absolute Gasteiger partial charge is 0.852 e. The monoisotopic (exact) mass is 380 g/mol. The number of hydrogen-bond acceptors (Lipinski definition) is 5. The van der Waals surface area contributed by atoms with Crippen molar-refractivity contribution in [3.05, 3.63) is 0 Å². The molecule has 0 aromatic heterocycles. The Balaban J connectivity index is -0.0000000250. The Morgan fingerprint density at radius 3 is 0.364 bits per heavy atom. The van der Waals surface area contributed by atoms with Gasteiger partial charge in [0.1, 0.15) is 0 Å². The van der Waals surface area contributed by atoms with E-state index >= 15 is 0 Å². The van der Waals surface area contributed by atoms with Crippen LogP contribution in [0, 0.1) is 0 Å². The van der Waals surface area contributed by atoms with Crippen LogP contribution in [0.15, 0.2) is 0 Å². The van der Waals surface area contributed by atoms with Gasteiger partial charge in [0, 0.05) is 0 Å². The van der Waals surface area contributed by atoms with Crippen LogP contribution in [0.25, 0.3) is 0 Å². The molecule has 0 amide bonds. The topological polar surface area (TPSA) is 115 Å². The van der Waals surface area contributed by atoms with E-state index in [9.17, 15) is 25.5 Å². The van der Waals surface area contributed by atoms with Gasteiger partial charge in [0.25, 0.3) is 0 Å². The minimum atomic E-state index is -0.417. The van der Waals surface area contributed by atoms with Gasteiger partial charge in [-0.05, 0) is 0 Å². The van der Waals surface area contributed by atoms with Gasteiger partial charge in [-0.2, -0.15) is 0 Å². The minimum Gasteiger partial charge on any atom is -0.852 e. The summed E-state index contributed by atoms with van der Waals surface area (Å²) in [5, 5.41) is 47.6. The van der Waals surface area contributed by atoms with Crippen LogP contribution in [0.5, 0.6) is 0 Å². The molecule has 5 nitrogen and oxygen atoms in total. The van der Waals surface area contributed by atoms with Crippen LogP contribution in [0.3, 0.4) is 0 Å². The Hall–Kier alpha value is 0.826. The molecule has 0 aliphatic carbocycles. The summed E-state index contributed by atoms with van der Waals surface area (Å²) in [6.07, 6.45) is -2.08. The number of hydrogen-bond donors (Lipinski definition) is 0. The standard InChI is InChI=1S/5C3H7O.Al.Ni/c5*1-3(2)4;;/h5*3H,1-2H3;;/q5*-1;+3;+2. The van der Waals surface area contributed by atoms with E-state index in [1.165, 1.54) is 0 Å². The van der Waals surface area contributed by atoms with Gasteiger partial charge in [0.2, 0.25) is 0 Å². The van der Waals surface area contributed by atoms with E-state index in [0.29, 0.717) is 0 Å². The molecule has 0 aromatic carbocycles. The van der Waals surface area contributed by atoms with Gasteiger partial charge in [0.05, 0.1) is 0 Å². The molecule has 0 saturated carbocycles. The first-order valence-corrected chi connectivity index (χ1v) is 6.95. The molecule has 0 aliphatic heterocycles. The van der Waals surface area contributed by atoms with Gasteiger partial charge >= 0.3 is 33.9 Å². The largest absolute Gasteiger partial charge is 3.00 e. The van der Waals surface area contributed by atoms with Crippen molar-refractivity contribution >= 4 is 17.4 Å². The number of rotatable bonds is 0. The van der Waals surface area contributed by atoms with Crippen LogP contribution in [0.2, 0.25) is 0 Å². The van der Waals surface area contributed by atoms with Crippen molar-refractivity contribution in [3.63, 3.8) is 0 Å². The molecule has 0 unspecified atom stereocenters. The summed E-state index contributed by atoms with van der Waals surface area (Å²) in [7, 11) is 0. The Morgan fingerprint density at radius 2 is 0.364 bits per heavy atom. The molecule has 0 aromatic rings. The molecule has 0 radical (unpaired) electrons. The summed E-state index contributed by atoms with van der Waals surface area (Å²) in [5.41, 5.74) is 0. The summed E-state index contributed by atoms with van der Waals surface area (Å²) in [6, 6.07) is 0. The Bertz CT molecular complexity index is 86.5. The maximum absolute atomic E-state index is 9.53. The second-order valence-electron chi connectivity index (χ2n) is 5.24.